The molecule has 0 bridgehead atoms. The van der Waals surface area contributed by atoms with Crippen molar-refractivity contribution in [2.75, 3.05) is 18.6 Å². The van der Waals surface area contributed by atoms with Crippen molar-refractivity contribution in [3.8, 4) is 0 Å². The van der Waals surface area contributed by atoms with Crippen LogP contribution in [0.4, 0.5) is 0 Å². The topological polar surface area (TPSA) is 29.4 Å². The van der Waals surface area contributed by atoms with E-state index in [4.69, 9.17) is 0 Å². The summed E-state index contributed by atoms with van der Waals surface area (Å²) in [6, 6.07) is 0. The van der Waals surface area contributed by atoms with Crippen molar-refractivity contribution in [1.82, 2.24) is 0 Å². The quantitative estimate of drug-likeness (QED) is 0.421. The Morgan fingerprint density at radius 1 is 1.78 bits per heavy atom. The standard InChI is InChI=1S/C6H11NOS/c1-3-7-5-4-6-9(2)8/h1,4-6H2,2H3. The van der Waals surface area contributed by atoms with Gasteiger partial charge in [-0.2, -0.15) is 0 Å². The van der Waals surface area contributed by atoms with Crippen molar-refractivity contribution < 1.29 is 4.21 Å². The summed E-state index contributed by atoms with van der Waals surface area (Å²) in [5.74, 6) is 3.14. The molecular weight excluding hydrogens is 134 g/mol. The minimum absolute atomic E-state index is 0.677. The molecule has 0 heterocycles. The highest BCUT2D eigenvalue weighted by Crippen LogP contribution is 1.82. The number of rotatable bonds is 4. The van der Waals surface area contributed by atoms with Gasteiger partial charge >= 0.3 is 0 Å². The molecule has 0 fully saturated rings. The largest absolute Gasteiger partial charge is 0.260 e. The molecule has 0 N–H and O–H groups in total. The second-order valence-electron chi connectivity index (χ2n) is 1.67. The van der Waals surface area contributed by atoms with E-state index in [-0.39, 0.29) is 0 Å². The highest BCUT2D eigenvalue weighted by atomic mass is 32.2. The molecule has 0 aliphatic heterocycles. The number of hydrogen-bond donors (Lipinski definition) is 0. The van der Waals surface area contributed by atoms with Gasteiger partial charge < -0.3 is 0 Å². The Morgan fingerprint density at radius 3 is 2.89 bits per heavy atom. The van der Waals surface area contributed by atoms with Crippen LogP contribution in [-0.2, 0) is 10.8 Å². The fraction of sp³-hybridized carbons (Fsp3) is 0.667. The van der Waals surface area contributed by atoms with Crippen molar-refractivity contribution in [2.24, 2.45) is 4.99 Å². The van der Waals surface area contributed by atoms with E-state index in [1.807, 2.05) is 0 Å². The lowest BCUT2D eigenvalue weighted by molar-refractivity contribution is 0.684. The lowest BCUT2D eigenvalue weighted by Gasteiger charge is -1.89. The Morgan fingerprint density at radius 2 is 2.44 bits per heavy atom. The van der Waals surface area contributed by atoms with Crippen LogP contribution in [0.25, 0.3) is 0 Å². The van der Waals surface area contributed by atoms with Crippen LogP contribution in [0.5, 0.6) is 0 Å². The lowest BCUT2D eigenvalue weighted by Crippen LogP contribution is -1.95. The summed E-state index contributed by atoms with van der Waals surface area (Å²) >= 11 is 0. The van der Waals surface area contributed by atoms with Crippen molar-refractivity contribution >= 4 is 16.7 Å². The first kappa shape index (κ1) is 8.60. The van der Waals surface area contributed by atoms with E-state index in [1.165, 1.54) is 0 Å². The van der Waals surface area contributed by atoms with Gasteiger partial charge in [-0.25, -0.2) is 4.99 Å². The summed E-state index contributed by atoms with van der Waals surface area (Å²) in [4.78, 5) is 3.75. The van der Waals surface area contributed by atoms with Gasteiger partial charge in [0.2, 0.25) is 0 Å². The molecular formula is C6H11NOS. The summed E-state index contributed by atoms with van der Waals surface area (Å²) in [6.07, 6.45) is 2.56. The van der Waals surface area contributed by atoms with Crippen LogP contribution in [0.2, 0.25) is 0 Å². The van der Waals surface area contributed by atoms with E-state index in [2.05, 4.69) is 17.4 Å². The zero-order valence-electron chi connectivity index (χ0n) is 5.59. The summed E-state index contributed by atoms with van der Waals surface area (Å²) < 4.78 is 10.4. The third kappa shape index (κ3) is 7.60. The first-order chi connectivity index (χ1) is 4.27. The predicted molar refractivity (Wildman–Crippen MR) is 41.5 cm³/mol. The zero-order valence-corrected chi connectivity index (χ0v) is 6.41. The van der Waals surface area contributed by atoms with Gasteiger partial charge in [0.15, 0.2) is 0 Å². The molecule has 0 aromatic carbocycles. The average molecular weight is 145 g/mol. The maximum absolute atomic E-state index is 10.4. The van der Waals surface area contributed by atoms with Gasteiger partial charge in [0.25, 0.3) is 0 Å². The molecule has 0 aromatic rings. The molecule has 0 spiro atoms. The molecule has 0 aromatic heterocycles. The molecule has 0 aliphatic carbocycles. The third-order valence-corrected chi connectivity index (χ3v) is 1.68. The minimum Gasteiger partial charge on any atom is -0.260 e. The molecule has 9 heavy (non-hydrogen) atoms. The molecule has 0 saturated carbocycles. The Bertz CT molecular complexity index is 136. The molecule has 0 radical (unpaired) electrons. The highest BCUT2D eigenvalue weighted by Gasteiger charge is 1.87. The van der Waals surface area contributed by atoms with Crippen molar-refractivity contribution in [3.63, 3.8) is 0 Å². The molecule has 0 aliphatic rings. The molecule has 0 saturated heterocycles. The SMILES string of the molecule is C=C=NCCCS(C)=O. The predicted octanol–water partition coefficient (Wildman–Crippen LogP) is 0.611. The molecule has 1 unspecified atom stereocenters. The molecule has 0 amide bonds. The first-order valence-electron chi connectivity index (χ1n) is 2.76. The van der Waals surface area contributed by atoms with Crippen molar-refractivity contribution in [3.05, 3.63) is 6.58 Å². The molecule has 2 nitrogen and oxygen atoms in total. The van der Waals surface area contributed by atoms with Gasteiger partial charge in [-0.1, -0.05) is 0 Å². The van der Waals surface area contributed by atoms with E-state index in [9.17, 15) is 4.21 Å². The van der Waals surface area contributed by atoms with Gasteiger partial charge in [0.05, 0.1) is 0 Å². The fourth-order valence-electron chi connectivity index (χ4n) is 0.426. The van der Waals surface area contributed by atoms with Gasteiger partial charge in [0.1, 0.15) is 0 Å². The van der Waals surface area contributed by atoms with Crippen LogP contribution >= 0.6 is 0 Å². The maximum Gasteiger partial charge on any atom is 0.0492 e. The summed E-state index contributed by atoms with van der Waals surface area (Å²) in [6.45, 7) is 4.01. The highest BCUT2D eigenvalue weighted by molar-refractivity contribution is 7.84. The van der Waals surface area contributed by atoms with Crippen LogP contribution < -0.4 is 0 Å². The maximum atomic E-state index is 10.4. The number of hydrogen-bond acceptors (Lipinski definition) is 2. The van der Waals surface area contributed by atoms with Crippen LogP contribution in [0.15, 0.2) is 11.6 Å². The summed E-state index contributed by atoms with van der Waals surface area (Å²) in [7, 11) is -0.677. The second-order valence-corrected chi connectivity index (χ2v) is 3.23. The summed E-state index contributed by atoms with van der Waals surface area (Å²) in [5, 5.41) is 0. The van der Waals surface area contributed by atoms with Gasteiger partial charge in [0, 0.05) is 29.4 Å². The average Bonchev–Trinajstić information content (AvgIpc) is 1.80. The summed E-state index contributed by atoms with van der Waals surface area (Å²) in [5.41, 5.74) is 0. The van der Waals surface area contributed by atoms with Crippen LogP contribution in [0.3, 0.4) is 0 Å². The van der Waals surface area contributed by atoms with Crippen LogP contribution in [0.1, 0.15) is 6.42 Å². The first-order valence-corrected chi connectivity index (χ1v) is 4.48. The van der Waals surface area contributed by atoms with Crippen molar-refractivity contribution in [1.29, 1.82) is 0 Å². The molecule has 0 rings (SSSR count). The zero-order chi connectivity index (χ0) is 7.11. The van der Waals surface area contributed by atoms with Crippen molar-refractivity contribution in [2.45, 2.75) is 6.42 Å². The monoisotopic (exact) mass is 145 g/mol. The molecule has 3 heteroatoms. The minimum atomic E-state index is -0.677. The Hall–Kier alpha value is -0.400. The van der Waals surface area contributed by atoms with E-state index in [1.54, 1.807) is 6.26 Å². The molecule has 52 valence electrons. The van der Waals surface area contributed by atoms with E-state index >= 15 is 0 Å². The Kier molecular flexibility index (Phi) is 5.48. The fourth-order valence-corrected chi connectivity index (χ4v) is 0.962. The van der Waals surface area contributed by atoms with E-state index < -0.39 is 10.8 Å². The third-order valence-electron chi connectivity index (χ3n) is 0.814. The van der Waals surface area contributed by atoms with Gasteiger partial charge in [-0.05, 0) is 18.9 Å². The van der Waals surface area contributed by atoms with E-state index in [0.29, 0.717) is 6.54 Å². The smallest absolute Gasteiger partial charge is 0.0492 e. The normalized spacial score (nSPS) is 12.1. The van der Waals surface area contributed by atoms with Gasteiger partial charge in [-0.3, -0.25) is 4.21 Å². The Labute approximate surface area is 58.1 Å². The molecule has 1 atom stereocenters. The number of nitrogens with zero attached hydrogens (tertiary/aromatic N) is 1. The van der Waals surface area contributed by atoms with Crippen LogP contribution in [0, 0.1) is 0 Å². The van der Waals surface area contributed by atoms with Crippen LogP contribution in [-0.4, -0.2) is 28.6 Å². The van der Waals surface area contributed by atoms with Gasteiger partial charge in [-0.15, -0.1) is 0 Å². The second kappa shape index (κ2) is 5.73. The number of aliphatic imine (C=N–C) groups is 1. The Balaban J connectivity index is 3.10. The van der Waals surface area contributed by atoms with E-state index in [0.717, 1.165) is 12.2 Å². The lowest BCUT2D eigenvalue weighted by atomic mass is 10.5.